The summed E-state index contributed by atoms with van der Waals surface area (Å²) in [5.74, 6) is -0.976. The van der Waals surface area contributed by atoms with E-state index in [1.54, 1.807) is 18.5 Å². The Bertz CT molecular complexity index is 1560. The van der Waals surface area contributed by atoms with Crippen LogP contribution in [0.5, 0.6) is 0 Å². The average molecular weight is 599 g/mol. The van der Waals surface area contributed by atoms with E-state index in [0.29, 0.717) is 25.8 Å². The number of nitrogens with zero attached hydrogens (tertiary/aromatic N) is 3. The van der Waals surface area contributed by atoms with E-state index in [0.717, 1.165) is 36.8 Å². The third kappa shape index (κ3) is 3.74. The fourth-order valence-electron chi connectivity index (χ4n) is 10.8. The van der Waals surface area contributed by atoms with E-state index < -0.39 is 38.6 Å². The molecule has 0 radical (unpaired) electrons. The van der Waals surface area contributed by atoms with Crippen LogP contribution >= 0.6 is 0 Å². The zero-order chi connectivity index (χ0) is 32.1. The molecule has 1 aromatic heterocycles. The van der Waals surface area contributed by atoms with Gasteiger partial charge in [0.2, 0.25) is 5.91 Å². The minimum Gasteiger partial charge on any atom is -0.381 e. The van der Waals surface area contributed by atoms with Crippen molar-refractivity contribution in [1.82, 2.24) is 15.3 Å². The molecular weight excluding hydrogens is 552 g/mol. The first-order valence-electron chi connectivity index (χ1n) is 16.1. The van der Waals surface area contributed by atoms with Crippen LogP contribution in [0.4, 0.5) is 0 Å². The van der Waals surface area contributed by atoms with Crippen molar-refractivity contribution in [3.63, 3.8) is 0 Å². The van der Waals surface area contributed by atoms with Crippen LogP contribution in [0.1, 0.15) is 99.0 Å². The Balaban J connectivity index is 1.42. The second kappa shape index (κ2) is 9.42. The van der Waals surface area contributed by atoms with E-state index in [-0.39, 0.29) is 34.4 Å². The number of nitrogens with one attached hydrogen (secondary N) is 1. The molecule has 0 saturated heterocycles. The molecule has 8 atom stereocenters. The number of allylic oxidation sites excluding steroid dienone is 3. The Morgan fingerprint density at radius 3 is 2.32 bits per heavy atom. The molecule has 0 unspecified atom stereocenters. The van der Waals surface area contributed by atoms with Crippen LogP contribution in [-0.4, -0.2) is 38.1 Å². The molecule has 5 aliphatic carbocycles. The van der Waals surface area contributed by atoms with Crippen molar-refractivity contribution in [3.05, 3.63) is 47.6 Å². The van der Waals surface area contributed by atoms with Crippen LogP contribution < -0.4 is 5.32 Å². The van der Waals surface area contributed by atoms with Crippen LogP contribution in [0.3, 0.4) is 0 Å². The lowest BCUT2D eigenvalue weighted by Crippen LogP contribution is -2.74. The number of Topliss-reactive ketones (excluding diaryl/α,β-unsaturated/α-hetero) is 1. The smallest absolute Gasteiger partial charge is 0.226 e. The van der Waals surface area contributed by atoms with Gasteiger partial charge in [-0.05, 0) is 73.3 Å². The van der Waals surface area contributed by atoms with E-state index in [1.807, 2.05) is 26.8 Å². The number of fused-ring (bicyclic) bond motifs is 7. The molecule has 8 nitrogen and oxygen atoms in total. The predicted molar refractivity (Wildman–Crippen MR) is 164 cm³/mol. The van der Waals surface area contributed by atoms with Gasteiger partial charge in [0.15, 0.2) is 11.6 Å². The second-order valence-electron chi connectivity index (χ2n) is 16.3. The monoisotopic (exact) mass is 598 g/mol. The minimum absolute atomic E-state index is 0.0629. The number of nitriles is 1. The van der Waals surface area contributed by atoms with Gasteiger partial charge in [-0.2, -0.15) is 5.26 Å². The van der Waals surface area contributed by atoms with Gasteiger partial charge < -0.3 is 10.4 Å². The van der Waals surface area contributed by atoms with Crippen molar-refractivity contribution in [2.75, 3.05) is 0 Å². The summed E-state index contributed by atoms with van der Waals surface area (Å²) in [6, 6.07) is 2.15. The summed E-state index contributed by atoms with van der Waals surface area (Å²) in [6.45, 7) is 14.7. The molecule has 5 aliphatic rings. The summed E-state index contributed by atoms with van der Waals surface area (Å²) < 4.78 is 0. The highest BCUT2D eigenvalue weighted by Crippen LogP contribution is 2.75. The molecule has 1 aromatic rings. The maximum Gasteiger partial charge on any atom is 0.226 e. The third-order valence-corrected chi connectivity index (χ3v) is 13.9. The fourth-order valence-corrected chi connectivity index (χ4v) is 10.8. The van der Waals surface area contributed by atoms with E-state index in [2.05, 4.69) is 49.0 Å². The number of hydrogen-bond donors (Lipinski definition) is 2. The quantitative estimate of drug-likeness (QED) is 0.474. The number of carbonyl (C=O) groups is 3. The number of amides is 1. The molecule has 3 fully saturated rings. The van der Waals surface area contributed by atoms with Gasteiger partial charge in [0.05, 0.1) is 5.57 Å². The Morgan fingerprint density at radius 2 is 1.66 bits per heavy atom. The number of rotatable bonds is 3. The van der Waals surface area contributed by atoms with Gasteiger partial charge in [0, 0.05) is 52.1 Å². The number of aliphatic hydroxyl groups is 1. The Kier molecular flexibility index (Phi) is 6.60. The zero-order valence-electron chi connectivity index (χ0n) is 27.2. The predicted octanol–water partition coefficient (Wildman–Crippen LogP) is 5.43. The molecule has 1 amide bonds. The van der Waals surface area contributed by atoms with Gasteiger partial charge in [-0.25, -0.2) is 9.97 Å². The van der Waals surface area contributed by atoms with Gasteiger partial charge >= 0.3 is 0 Å². The number of hydrogen-bond acceptors (Lipinski definition) is 7. The van der Waals surface area contributed by atoms with E-state index in [9.17, 15) is 24.8 Å². The standard InChI is InChI=1S/C36H46N4O4/c1-30(2)24-8-9-34(6)25(33(24,5)15-23(17-37)28(30)42)14-27(41)36(44)26-16-32(4,11-10-31(26,3)12-13-35(34,36)7)29(43)40-20-22-18-38-21-39-19-22/h14-15,18-19,21,24,26,44H,8-13,16,20H2,1-7H3,(H,40,43)/t24-,26+,31+,32-,33-,34+,35-,36+/m0/s1. The van der Waals surface area contributed by atoms with E-state index in [1.165, 1.54) is 6.33 Å². The summed E-state index contributed by atoms with van der Waals surface area (Å²) in [6.07, 6.45) is 13.2. The molecule has 0 bridgehead atoms. The second-order valence-corrected chi connectivity index (χ2v) is 16.3. The first kappa shape index (κ1) is 30.8. The van der Waals surface area contributed by atoms with E-state index >= 15 is 0 Å². The summed E-state index contributed by atoms with van der Waals surface area (Å²) in [4.78, 5) is 49.8. The number of carbonyl (C=O) groups excluding carboxylic acids is 3. The highest BCUT2D eigenvalue weighted by Gasteiger charge is 2.75. The first-order chi connectivity index (χ1) is 20.4. The number of ketones is 2. The van der Waals surface area contributed by atoms with Crippen LogP contribution in [0, 0.1) is 55.7 Å². The van der Waals surface area contributed by atoms with Crippen LogP contribution in [0.2, 0.25) is 0 Å². The summed E-state index contributed by atoms with van der Waals surface area (Å²) in [5, 5.41) is 26.1. The van der Waals surface area contributed by atoms with Crippen LogP contribution in [-0.2, 0) is 20.9 Å². The van der Waals surface area contributed by atoms with Crippen molar-refractivity contribution < 1.29 is 19.5 Å². The lowest BCUT2D eigenvalue weighted by molar-refractivity contribution is -0.242. The normalized spacial score (nSPS) is 44.1. The van der Waals surface area contributed by atoms with Gasteiger partial charge in [0.25, 0.3) is 0 Å². The van der Waals surface area contributed by atoms with Crippen molar-refractivity contribution in [2.24, 2.45) is 44.3 Å². The van der Waals surface area contributed by atoms with Gasteiger partial charge in [-0.1, -0.05) is 54.5 Å². The van der Waals surface area contributed by atoms with Crippen LogP contribution in [0.15, 0.2) is 42.0 Å². The molecule has 3 saturated carbocycles. The van der Waals surface area contributed by atoms with Crippen molar-refractivity contribution in [2.45, 2.75) is 106 Å². The van der Waals surface area contributed by atoms with Gasteiger partial charge in [-0.15, -0.1) is 0 Å². The van der Waals surface area contributed by atoms with Crippen molar-refractivity contribution in [1.29, 1.82) is 5.26 Å². The lowest BCUT2D eigenvalue weighted by atomic mass is 9.33. The van der Waals surface area contributed by atoms with Gasteiger partial charge in [-0.3, -0.25) is 14.4 Å². The zero-order valence-corrected chi connectivity index (χ0v) is 27.2. The molecule has 0 aliphatic heterocycles. The molecule has 2 N–H and O–H groups in total. The molecule has 0 aromatic carbocycles. The molecule has 6 rings (SSSR count). The number of aromatic nitrogens is 2. The lowest BCUT2D eigenvalue weighted by Gasteiger charge is -2.71. The Morgan fingerprint density at radius 1 is 1.00 bits per heavy atom. The SMILES string of the molecule is CC1(C)C(=O)C(C#N)=C[C@]2(C)C3=CC(=O)[C@]4(O)[C@@H]5C[C@@](C)(C(=O)NCc6cncnc6)CC[C@]5(C)CC[C@@]4(C)[C@]3(C)CC[C@@H]12. The molecule has 0 spiro atoms. The van der Waals surface area contributed by atoms with Crippen molar-refractivity contribution >= 4 is 17.5 Å². The first-order valence-corrected chi connectivity index (χ1v) is 16.1. The summed E-state index contributed by atoms with van der Waals surface area (Å²) in [7, 11) is 0. The third-order valence-electron chi connectivity index (χ3n) is 13.9. The largest absolute Gasteiger partial charge is 0.381 e. The highest BCUT2D eigenvalue weighted by atomic mass is 16.3. The van der Waals surface area contributed by atoms with Crippen LogP contribution in [0.25, 0.3) is 0 Å². The summed E-state index contributed by atoms with van der Waals surface area (Å²) in [5.41, 5.74) is -3.52. The maximum absolute atomic E-state index is 14.6. The molecular formula is C36H46N4O4. The van der Waals surface area contributed by atoms with Crippen molar-refractivity contribution in [3.8, 4) is 6.07 Å². The minimum atomic E-state index is -1.65. The molecule has 1 heterocycles. The fraction of sp³-hybridized carbons (Fsp3) is 0.667. The average Bonchev–Trinajstić information content (AvgIpc) is 2.98. The van der Waals surface area contributed by atoms with E-state index in [4.69, 9.17) is 0 Å². The molecule has 8 heteroatoms. The summed E-state index contributed by atoms with van der Waals surface area (Å²) >= 11 is 0. The molecule has 234 valence electrons. The molecule has 44 heavy (non-hydrogen) atoms. The maximum atomic E-state index is 14.6. The highest BCUT2D eigenvalue weighted by molar-refractivity contribution is 6.05. The Hall–Kier alpha value is -3.18. The van der Waals surface area contributed by atoms with Gasteiger partial charge in [0.1, 0.15) is 18.0 Å². The Labute approximate surface area is 260 Å². The topological polar surface area (TPSA) is 133 Å².